The maximum atomic E-state index is 2.77. The van der Waals surface area contributed by atoms with E-state index in [-0.39, 0.29) is 0 Å². The normalized spacial score (nSPS) is 25.5. The molecule has 0 N–H and O–H groups in total. The van der Waals surface area contributed by atoms with E-state index in [1.54, 1.807) is 5.56 Å². The highest BCUT2D eigenvalue weighted by Gasteiger charge is 2.36. The van der Waals surface area contributed by atoms with Gasteiger partial charge in [0.25, 0.3) is 0 Å². The van der Waals surface area contributed by atoms with Crippen LogP contribution >= 0.6 is 11.3 Å². The molecule has 0 bridgehead atoms. The summed E-state index contributed by atoms with van der Waals surface area (Å²) < 4.78 is 0. The Labute approximate surface area is 185 Å². The van der Waals surface area contributed by atoms with E-state index in [1.165, 1.54) is 62.9 Å². The van der Waals surface area contributed by atoms with Crippen molar-refractivity contribution in [1.82, 2.24) is 4.90 Å². The number of hydrogen-bond donors (Lipinski definition) is 0. The SMILES string of the molecule is c1ccc(CC2C[C@H](CN3CCC(c4ccccc4)CC3)[C@@H](c3ccsc3)C2)cc1. The van der Waals surface area contributed by atoms with Gasteiger partial charge in [-0.25, -0.2) is 0 Å². The molecule has 1 saturated heterocycles. The maximum absolute atomic E-state index is 2.77. The van der Waals surface area contributed by atoms with Gasteiger partial charge in [0, 0.05) is 6.54 Å². The van der Waals surface area contributed by atoms with Gasteiger partial charge in [-0.15, -0.1) is 0 Å². The molecule has 2 heterocycles. The molecule has 3 atom stereocenters. The van der Waals surface area contributed by atoms with Crippen molar-refractivity contribution in [3.63, 3.8) is 0 Å². The topological polar surface area (TPSA) is 3.24 Å². The molecule has 1 nitrogen and oxygen atoms in total. The molecule has 156 valence electrons. The molecule has 30 heavy (non-hydrogen) atoms. The third-order valence-electron chi connectivity index (χ3n) is 7.48. The van der Waals surface area contributed by atoms with Crippen LogP contribution in [0.15, 0.2) is 77.5 Å². The number of rotatable bonds is 6. The predicted octanol–water partition coefficient (Wildman–Crippen LogP) is 6.98. The fraction of sp³-hybridized carbons (Fsp3) is 0.429. The summed E-state index contributed by atoms with van der Waals surface area (Å²) in [5, 5.41) is 4.67. The number of hydrogen-bond acceptors (Lipinski definition) is 2. The molecule has 1 aliphatic heterocycles. The molecule has 3 aromatic rings. The number of likely N-dealkylation sites (tertiary alicyclic amines) is 1. The molecule has 2 fully saturated rings. The van der Waals surface area contributed by atoms with Crippen LogP contribution in [0.25, 0.3) is 0 Å². The zero-order chi connectivity index (χ0) is 20.2. The summed E-state index contributed by atoms with van der Waals surface area (Å²) in [5.74, 6) is 3.13. The Kier molecular flexibility index (Phi) is 6.34. The van der Waals surface area contributed by atoms with Crippen molar-refractivity contribution in [1.29, 1.82) is 0 Å². The van der Waals surface area contributed by atoms with Gasteiger partial charge in [0.05, 0.1) is 0 Å². The Morgan fingerprint density at radius 3 is 2.23 bits per heavy atom. The van der Waals surface area contributed by atoms with Gasteiger partial charge in [-0.05, 0) is 102 Å². The number of thiophene rings is 1. The van der Waals surface area contributed by atoms with Crippen LogP contribution in [0.2, 0.25) is 0 Å². The van der Waals surface area contributed by atoms with Gasteiger partial charge in [-0.2, -0.15) is 11.3 Å². The van der Waals surface area contributed by atoms with Crippen molar-refractivity contribution in [2.75, 3.05) is 19.6 Å². The summed E-state index contributed by atoms with van der Waals surface area (Å²) >= 11 is 1.86. The molecule has 1 aromatic heterocycles. The first kappa shape index (κ1) is 20.0. The van der Waals surface area contributed by atoms with Crippen LogP contribution in [-0.4, -0.2) is 24.5 Å². The molecule has 0 radical (unpaired) electrons. The van der Waals surface area contributed by atoms with Crippen LogP contribution in [0.5, 0.6) is 0 Å². The van der Waals surface area contributed by atoms with Crippen LogP contribution in [0, 0.1) is 11.8 Å². The van der Waals surface area contributed by atoms with Gasteiger partial charge >= 0.3 is 0 Å². The van der Waals surface area contributed by atoms with E-state index < -0.39 is 0 Å². The lowest BCUT2D eigenvalue weighted by Crippen LogP contribution is -2.37. The Balaban J connectivity index is 1.22. The Bertz CT molecular complexity index is 881. The third-order valence-corrected chi connectivity index (χ3v) is 8.18. The Morgan fingerprint density at radius 1 is 0.800 bits per heavy atom. The second-order valence-electron chi connectivity index (χ2n) is 9.44. The van der Waals surface area contributed by atoms with Crippen molar-refractivity contribution in [3.05, 3.63) is 94.2 Å². The zero-order valence-corrected chi connectivity index (χ0v) is 18.6. The minimum absolute atomic E-state index is 0.747. The first-order valence-corrected chi connectivity index (χ1v) is 12.6. The molecule has 0 spiro atoms. The minimum Gasteiger partial charge on any atom is -0.303 e. The summed E-state index contributed by atoms with van der Waals surface area (Å²) in [7, 11) is 0. The minimum atomic E-state index is 0.747. The molecule has 0 amide bonds. The van der Waals surface area contributed by atoms with Gasteiger partial charge < -0.3 is 4.90 Å². The summed E-state index contributed by atoms with van der Waals surface area (Å²) in [6.45, 7) is 3.80. The largest absolute Gasteiger partial charge is 0.303 e. The molecule has 1 saturated carbocycles. The van der Waals surface area contributed by atoms with Gasteiger partial charge in [0.2, 0.25) is 0 Å². The summed E-state index contributed by atoms with van der Waals surface area (Å²) in [4.78, 5) is 2.77. The average Bonchev–Trinajstić information content (AvgIpc) is 3.46. The first-order chi connectivity index (χ1) is 14.8. The smallest absolute Gasteiger partial charge is 0.00156 e. The second kappa shape index (κ2) is 9.49. The Hall–Kier alpha value is -1.90. The lowest BCUT2D eigenvalue weighted by Gasteiger charge is -2.35. The van der Waals surface area contributed by atoms with Gasteiger partial charge in [0.15, 0.2) is 0 Å². The quantitative estimate of drug-likeness (QED) is 0.420. The van der Waals surface area contributed by atoms with Crippen molar-refractivity contribution >= 4 is 11.3 Å². The average molecular weight is 416 g/mol. The second-order valence-corrected chi connectivity index (χ2v) is 10.2. The third kappa shape index (κ3) is 4.71. The fourth-order valence-corrected chi connectivity index (χ4v) is 6.68. The highest BCUT2D eigenvalue weighted by Crippen LogP contribution is 2.45. The monoisotopic (exact) mass is 415 g/mol. The van der Waals surface area contributed by atoms with Crippen molar-refractivity contribution in [2.45, 2.75) is 43.9 Å². The van der Waals surface area contributed by atoms with Crippen molar-refractivity contribution in [3.8, 4) is 0 Å². The van der Waals surface area contributed by atoms with E-state index in [0.29, 0.717) is 0 Å². The number of nitrogens with zero attached hydrogens (tertiary/aromatic N) is 1. The predicted molar refractivity (Wildman–Crippen MR) is 128 cm³/mol. The first-order valence-electron chi connectivity index (χ1n) is 11.7. The maximum Gasteiger partial charge on any atom is 0.00156 e. The van der Waals surface area contributed by atoms with Crippen molar-refractivity contribution in [2.24, 2.45) is 11.8 Å². The standard InChI is InChI=1S/C28H33NS/c1-3-7-22(8-4-1)17-23-18-27(28(19-23)26-13-16-30-21-26)20-29-14-11-25(12-15-29)24-9-5-2-6-10-24/h1-10,13,16,21,23,25,27-28H,11-12,14-15,17-20H2/t23?,27-,28-/m1/s1. The molecular weight excluding hydrogens is 382 g/mol. The molecule has 2 heteroatoms. The van der Waals surface area contributed by atoms with E-state index in [2.05, 4.69) is 82.4 Å². The lowest BCUT2D eigenvalue weighted by atomic mass is 9.87. The Morgan fingerprint density at radius 2 is 1.53 bits per heavy atom. The summed E-state index contributed by atoms with van der Waals surface area (Å²) in [6.07, 6.45) is 6.61. The highest BCUT2D eigenvalue weighted by atomic mass is 32.1. The molecule has 1 unspecified atom stereocenters. The van der Waals surface area contributed by atoms with E-state index in [1.807, 2.05) is 11.3 Å². The zero-order valence-electron chi connectivity index (χ0n) is 17.8. The highest BCUT2D eigenvalue weighted by molar-refractivity contribution is 7.08. The van der Waals surface area contributed by atoms with Crippen LogP contribution in [-0.2, 0) is 6.42 Å². The van der Waals surface area contributed by atoms with E-state index in [9.17, 15) is 0 Å². The lowest BCUT2D eigenvalue weighted by molar-refractivity contribution is 0.176. The molecular formula is C28H33NS. The number of benzene rings is 2. The van der Waals surface area contributed by atoms with E-state index in [4.69, 9.17) is 0 Å². The molecule has 5 rings (SSSR count). The number of piperidine rings is 1. The fourth-order valence-electron chi connectivity index (χ4n) is 5.96. The van der Waals surface area contributed by atoms with Gasteiger partial charge in [-0.3, -0.25) is 0 Å². The molecule has 1 aliphatic carbocycles. The van der Waals surface area contributed by atoms with Crippen LogP contribution in [0.3, 0.4) is 0 Å². The summed E-state index contributed by atoms with van der Waals surface area (Å²) in [5.41, 5.74) is 4.65. The van der Waals surface area contributed by atoms with Crippen LogP contribution in [0.4, 0.5) is 0 Å². The molecule has 2 aliphatic rings. The van der Waals surface area contributed by atoms with E-state index in [0.717, 1.165) is 23.7 Å². The molecule has 2 aromatic carbocycles. The van der Waals surface area contributed by atoms with E-state index >= 15 is 0 Å². The van der Waals surface area contributed by atoms with Crippen LogP contribution in [0.1, 0.15) is 54.2 Å². The van der Waals surface area contributed by atoms with Crippen molar-refractivity contribution < 1.29 is 0 Å². The van der Waals surface area contributed by atoms with Crippen LogP contribution < -0.4 is 0 Å². The van der Waals surface area contributed by atoms with Gasteiger partial charge in [0.1, 0.15) is 0 Å². The summed E-state index contributed by atoms with van der Waals surface area (Å²) in [6, 6.07) is 24.7. The van der Waals surface area contributed by atoms with Gasteiger partial charge in [-0.1, -0.05) is 60.7 Å².